The molecule has 0 aliphatic rings. The van der Waals surface area contributed by atoms with Crippen molar-refractivity contribution in [2.45, 2.75) is 26.1 Å². The van der Waals surface area contributed by atoms with Gasteiger partial charge in [0.15, 0.2) is 0 Å². The Kier molecular flexibility index (Phi) is 4.44. The molecule has 0 bridgehead atoms. The zero-order chi connectivity index (χ0) is 15.5. The molecule has 0 saturated heterocycles. The number of hydrogen-bond acceptors (Lipinski definition) is 4. The molecule has 0 unspecified atom stereocenters. The van der Waals surface area contributed by atoms with Gasteiger partial charge in [-0.2, -0.15) is 13.2 Å². The number of alkyl halides is 3. The maximum absolute atomic E-state index is 12.6. The number of aromatic nitrogens is 4. The molecule has 8 heteroatoms. The third-order valence-corrected chi connectivity index (χ3v) is 3.09. The summed E-state index contributed by atoms with van der Waals surface area (Å²) in [6, 6.07) is 0.867. The Morgan fingerprint density at radius 1 is 1.24 bits per heavy atom. The predicted molar refractivity (Wildman–Crippen MR) is 71.9 cm³/mol. The highest BCUT2D eigenvalue weighted by Gasteiger charge is 2.33. The summed E-state index contributed by atoms with van der Waals surface area (Å²) in [4.78, 5) is 13.2. The van der Waals surface area contributed by atoms with Crippen molar-refractivity contribution in [3.63, 3.8) is 0 Å². The molecule has 0 spiro atoms. The van der Waals surface area contributed by atoms with E-state index in [2.05, 4.69) is 15.0 Å². The minimum Gasteiger partial charge on any atom is -0.344 e. The summed E-state index contributed by atoms with van der Waals surface area (Å²) in [6.07, 6.45) is 1.02. The van der Waals surface area contributed by atoms with Gasteiger partial charge >= 0.3 is 6.18 Å². The second-order valence-corrected chi connectivity index (χ2v) is 4.68. The molecule has 2 aromatic heterocycles. The largest absolute Gasteiger partial charge is 0.433 e. The molecule has 0 atom stereocenters. The van der Waals surface area contributed by atoms with Crippen LogP contribution in [0.5, 0.6) is 0 Å². The quantitative estimate of drug-likeness (QED) is 0.851. The van der Waals surface area contributed by atoms with Gasteiger partial charge < -0.3 is 9.47 Å². The first kappa shape index (κ1) is 15.3. The number of aryl methyl sites for hydroxylation is 2. The van der Waals surface area contributed by atoms with E-state index < -0.39 is 11.9 Å². The SMILES string of the molecule is Cc1nccn1CCCN(C)c1nccc(C(F)(F)F)n1. The summed E-state index contributed by atoms with van der Waals surface area (Å²) >= 11 is 0. The highest BCUT2D eigenvalue weighted by molar-refractivity contribution is 5.29. The lowest BCUT2D eigenvalue weighted by atomic mass is 10.3. The van der Waals surface area contributed by atoms with Crippen LogP contribution in [0, 0.1) is 6.92 Å². The van der Waals surface area contributed by atoms with Crippen LogP contribution in [-0.4, -0.2) is 33.1 Å². The van der Waals surface area contributed by atoms with E-state index in [0.717, 1.165) is 31.1 Å². The van der Waals surface area contributed by atoms with Gasteiger partial charge in [-0.3, -0.25) is 0 Å². The van der Waals surface area contributed by atoms with Gasteiger partial charge in [-0.1, -0.05) is 0 Å². The van der Waals surface area contributed by atoms with Crippen LogP contribution in [0.25, 0.3) is 0 Å². The summed E-state index contributed by atoms with van der Waals surface area (Å²) in [5.41, 5.74) is -0.926. The van der Waals surface area contributed by atoms with E-state index >= 15 is 0 Å². The second-order valence-electron chi connectivity index (χ2n) is 4.68. The molecule has 2 rings (SSSR count). The van der Waals surface area contributed by atoms with Crippen LogP contribution in [0.15, 0.2) is 24.7 Å². The van der Waals surface area contributed by atoms with E-state index in [1.54, 1.807) is 18.1 Å². The number of nitrogens with zero attached hydrogens (tertiary/aromatic N) is 5. The van der Waals surface area contributed by atoms with Crippen LogP contribution in [0.1, 0.15) is 17.9 Å². The predicted octanol–water partition coefficient (Wildman–Crippen LogP) is 2.53. The molecule has 0 fully saturated rings. The fraction of sp³-hybridized carbons (Fsp3) is 0.462. The molecule has 21 heavy (non-hydrogen) atoms. The molecule has 0 aliphatic heterocycles. The topological polar surface area (TPSA) is 46.8 Å². The van der Waals surface area contributed by atoms with Gasteiger partial charge in [0.05, 0.1) is 0 Å². The fourth-order valence-electron chi connectivity index (χ4n) is 1.91. The van der Waals surface area contributed by atoms with E-state index in [1.165, 1.54) is 0 Å². The molecular formula is C13H16F3N5. The fourth-order valence-corrected chi connectivity index (χ4v) is 1.91. The van der Waals surface area contributed by atoms with Gasteiger partial charge in [0.1, 0.15) is 11.5 Å². The average molecular weight is 299 g/mol. The van der Waals surface area contributed by atoms with Crippen molar-refractivity contribution in [1.29, 1.82) is 0 Å². The molecule has 0 saturated carbocycles. The molecule has 2 aromatic rings. The summed E-state index contributed by atoms with van der Waals surface area (Å²) in [5, 5.41) is 0. The van der Waals surface area contributed by atoms with E-state index in [9.17, 15) is 13.2 Å². The minimum atomic E-state index is -4.45. The third kappa shape index (κ3) is 3.93. The van der Waals surface area contributed by atoms with Crippen LogP contribution >= 0.6 is 0 Å². The zero-order valence-electron chi connectivity index (χ0n) is 11.8. The van der Waals surface area contributed by atoms with Crippen LogP contribution in [0.4, 0.5) is 19.1 Å². The Hall–Kier alpha value is -2.12. The first-order chi connectivity index (χ1) is 9.88. The molecule has 0 radical (unpaired) electrons. The Bertz CT molecular complexity index is 593. The van der Waals surface area contributed by atoms with Gasteiger partial charge in [0, 0.05) is 38.7 Å². The lowest BCUT2D eigenvalue weighted by Gasteiger charge is -2.18. The Morgan fingerprint density at radius 3 is 2.62 bits per heavy atom. The summed E-state index contributed by atoms with van der Waals surface area (Å²) < 4.78 is 39.8. The van der Waals surface area contributed by atoms with Gasteiger partial charge in [-0.15, -0.1) is 0 Å². The zero-order valence-corrected chi connectivity index (χ0v) is 11.8. The normalized spacial score (nSPS) is 11.7. The van der Waals surface area contributed by atoms with Crippen LogP contribution in [0.2, 0.25) is 0 Å². The Labute approximate surface area is 120 Å². The first-order valence-electron chi connectivity index (χ1n) is 6.47. The summed E-state index contributed by atoms with van der Waals surface area (Å²) in [6.45, 7) is 3.20. The van der Waals surface area contributed by atoms with Gasteiger partial charge in [-0.25, -0.2) is 15.0 Å². The highest BCUT2D eigenvalue weighted by Crippen LogP contribution is 2.27. The lowest BCUT2D eigenvalue weighted by Crippen LogP contribution is -2.23. The van der Waals surface area contributed by atoms with Crippen LogP contribution in [0.3, 0.4) is 0 Å². The van der Waals surface area contributed by atoms with E-state index in [0.29, 0.717) is 6.54 Å². The summed E-state index contributed by atoms with van der Waals surface area (Å²) in [7, 11) is 1.68. The maximum atomic E-state index is 12.6. The average Bonchev–Trinajstić information content (AvgIpc) is 2.83. The molecule has 2 heterocycles. The molecule has 0 amide bonds. The van der Waals surface area contributed by atoms with Gasteiger partial charge in [-0.05, 0) is 19.4 Å². The minimum absolute atomic E-state index is 0.0761. The lowest BCUT2D eigenvalue weighted by molar-refractivity contribution is -0.141. The van der Waals surface area contributed by atoms with Gasteiger partial charge in [0.25, 0.3) is 0 Å². The van der Waals surface area contributed by atoms with E-state index in [4.69, 9.17) is 0 Å². The molecule has 0 N–H and O–H groups in total. The van der Waals surface area contributed by atoms with E-state index in [-0.39, 0.29) is 5.95 Å². The first-order valence-corrected chi connectivity index (χ1v) is 6.47. The van der Waals surface area contributed by atoms with Crippen LogP contribution in [-0.2, 0) is 12.7 Å². The number of halogens is 3. The second kappa shape index (κ2) is 6.11. The van der Waals surface area contributed by atoms with Crippen molar-refractivity contribution in [3.05, 3.63) is 36.2 Å². The van der Waals surface area contributed by atoms with Crippen molar-refractivity contribution >= 4 is 5.95 Å². The van der Waals surface area contributed by atoms with Crippen LogP contribution < -0.4 is 4.90 Å². The Morgan fingerprint density at radius 2 is 2.00 bits per heavy atom. The van der Waals surface area contributed by atoms with Crippen molar-refractivity contribution in [1.82, 2.24) is 19.5 Å². The van der Waals surface area contributed by atoms with Crippen molar-refractivity contribution < 1.29 is 13.2 Å². The molecule has 0 aliphatic carbocycles. The number of hydrogen-bond donors (Lipinski definition) is 0. The third-order valence-electron chi connectivity index (χ3n) is 3.09. The van der Waals surface area contributed by atoms with Gasteiger partial charge in [0.2, 0.25) is 5.95 Å². The van der Waals surface area contributed by atoms with Crippen molar-refractivity contribution in [2.24, 2.45) is 0 Å². The standard InChI is InChI=1S/C13H16F3N5/c1-10-17-6-9-21(10)8-3-7-20(2)12-18-5-4-11(19-12)13(14,15)16/h4-6,9H,3,7-8H2,1-2H3. The van der Waals surface area contributed by atoms with Crippen molar-refractivity contribution in [2.75, 3.05) is 18.5 Å². The highest BCUT2D eigenvalue weighted by atomic mass is 19.4. The molecular weight excluding hydrogens is 283 g/mol. The van der Waals surface area contributed by atoms with Crippen molar-refractivity contribution in [3.8, 4) is 0 Å². The smallest absolute Gasteiger partial charge is 0.344 e. The Balaban J connectivity index is 1.94. The monoisotopic (exact) mass is 299 g/mol. The number of imidazole rings is 1. The molecule has 114 valence electrons. The van der Waals surface area contributed by atoms with E-state index in [1.807, 2.05) is 17.7 Å². The number of rotatable bonds is 5. The number of anilines is 1. The maximum Gasteiger partial charge on any atom is 0.433 e. The summed E-state index contributed by atoms with van der Waals surface area (Å²) in [5.74, 6) is 0.986. The molecule has 5 nitrogen and oxygen atoms in total. The molecule has 0 aromatic carbocycles.